The molecule has 1 aromatic carbocycles. The standard InChI is InChI=1S/C14H19N5O/c1-3-20-12-6-4-5-11(15)13(12)14-16-17-18-19(14)10-7-9(2)8-10/h4-6,9-10H,3,7-8,15H2,1-2H3. The van der Waals surface area contributed by atoms with Gasteiger partial charge in [0.05, 0.1) is 18.2 Å². The summed E-state index contributed by atoms with van der Waals surface area (Å²) in [6.45, 7) is 4.77. The SMILES string of the molecule is CCOc1cccc(N)c1-c1nnnn1C1CC(C)C1. The summed E-state index contributed by atoms with van der Waals surface area (Å²) in [6.07, 6.45) is 2.21. The molecule has 0 unspecified atom stereocenters. The molecule has 1 heterocycles. The van der Waals surface area contributed by atoms with E-state index < -0.39 is 0 Å². The second-order valence-corrected chi connectivity index (χ2v) is 5.33. The molecule has 1 aliphatic rings. The quantitative estimate of drug-likeness (QED) is 0.865. The number of hydrogen-bond donors (Lipinski definition) is 1. The van der Waals surface area contributed by atoms with Crippen LogP contribution in [0, 0.1) is 5.92 Å². The van der Waals surface area contributed by atoms with Crippen molar-refractivity contribution < 1.29 is 4.74 Å². The third-order valence-corrected chi connectivity index (χ3v) is 3.77. The highest BCUT2D eigenvalue weighted by Crippen LogP contribution is 2.41. The van der Waals surface area contributed by atoms with Crippen molar-refractivity contribution in [3.8, 4) is 17.1 Å². The maximum Gasteiger partial charge on any atom is 0.188 e. The lowest BCUT2D eigenvalue weighted by Crippen LogP contribution is -2.26. The Balaban J connectivity index is 2.03. The van der Waals surface area contributed by atoms with Crippen LogP contribution >= 0.6 is 0 Å². The minimum Gasteiger partial charge on any atom is -0.493 e. The lowest BCUT2D eigenvalue weighted by molar-refractivity contribution is 0.199. The molecular formula is C14H19N5O. The molecule has 0 atom stereocenters. The first-order valence-electron chi connectivity index (χ1n) is 7.00. The summed E-state index contributed by atoms with van der Waals surface area (Å²) in [4.78, 5) is 0. The van der Waals surface area contributed by atoms with Crippen molar-refractivity contribution in [2.45, 2.75) is 32.7 Å². The molecule has 6 heteroatoms. The highest BCUT2D eigenvalue weighted by molar-refractivity contribution is 5.77. The van der Waals surface area contributed by atoms with Crippen molar-refractivity contribution in [1.29, 1.82) is 0 Å². The van der Waals surface area contributed by atoms with Gasteiger partial charge in [-0.05, 0) is 48.2 Å². The molecule has 20 heavy (non-hydrogen) atoms. The molecule has 1 aromatic heterocycles. The maximum atomic E-state index is 6.11. The Morgan fingerprint density at radius 2 is 2.20 bits per heavy atom. The second-order valence-electron chi connectivity index (χ2n) is 5.33. The van der Waals surface area contributed by atoms with Crippen molar-refractivity contribution >= 4 is 5.69 Å². The van der Waals surface area contributed by atoms with E-state index in [4.69, 9.17) is 10.5 Å². The van der Waals surface area contributed by atoms with Crippen molar-refractivity contribution in [2.24, 2.45) is 5.92 Å². The van der Waals surface area contributed by atoms with E-state index in [2.05, 4.69) is 22.4 Å². The van der Waals surface area contributed by atoms with E-state index in [0.717, 1.165) is 30.1 Å². The van der Waals surface area contributed by atoms with E-state index >= 15 is 0 Å². The van der Waals surface area contributed by atoms with Gasteiger partial charge < -0.3 is 10.5 Å². The fraction of sp³-hybridized carbons (Fsp3) is 0.500. The molecule has 0 radical (unpaired) electrons. The number of nitrogens with two attached hydrogens (primary N) is 1. The summed E-state index contributed by atoms with van der Waals surface area (Å²) in [7, 11) is 0. The van der Waals surface area contributed by atoms with Crippen LogP contribution in [0.4, 0.5) is 5.69 Å². The molecule has 1 fully saturated rings. The van der Waals surface area contributed by atoms with Gasteiger partial charge in [0.1, 0.15) is 5.75 Å². The predicted molar refractivity (Wildman–Crippen MR) is 76.3 cm³/mol. The monoisotopic (exact) mass is 273 g/mol. The molecule has 0 bridgehead atoms. The number of hydrogen-bond acceptors (Lipinski definition) is 5. The molecule has 106 valence electrons. The van der Waals surface area contributed by atoms with E-state index in [1.807, 2.05) is 29.8 Å². The summed E-state index contributed by atoms with van der Waals surface area (Å²) in [5.41, 5.74) is 7.54. The lowest BCUT2D eigenvalue weighted by Gasteiger charge is -2.32. The molecule has 2 N–H and O–H groups in total. The van der Waals surface area contributed by atoms with Gasteiger partial charge in [-0.25, -0.2) is 4.68 Å². The van der Waals surface area contributed by atoms with Crippen molar-refractivity contribution in [3.63, 3.8) is 0 Å². The smallest absolute Gasteiger partial charge is 0.188 e. The second kappa shape index (κ2) is 5.11. The van der Waals surface area contributed by atoms with E-state index in [1.165, 1.54) is 0 Å². The number of rotatable bonds is 4. The number of benzene rings is 1. The fourth-order valence-corrected chi connectivity index (χ4v) is 2.73. The largest absolute Gasteiger partial charge is 0.493 e. The number of nitrogen functional groups attached to an aromatic ring is 1. The summed E-state index contributed by atoms with van der Waals surface area (Å²) in [6, 6.07) is 5.99. The van der Waals surface area contributed by atoms with Gasteiger partial charge in [-0.3, -0.25) is 0 Å². The molecule has 3 rings (SSSR count). The topological polar surface area (TPSA) is 78.8 Å². The minimum absolute atomic E-state index is 0.365. The van der Waals surface area contributed by atoms with E-state index in [9.17, 15) is 0 Å². The third-order valence-electron chi connectivity index (χ3n) is 3.77. The molecule has 0 aliphatic heterocycles. The first-order valence-corrected chi connectivity index (χ1v) is 7.00. The Bertz CT molecular complexity index is 603. The molecule has 1 saturated carbocycles. The maximum absolute atomic E-state index is 6.11. The molecule has 0 amide bonds. The van der Waals surface area contributed by atoms with Crippen molar-refractivity contribution in [1.82, 2.24) is 20.2 Å². The molecular weight excluding hydrogens is 254 g/mol. The van der Waals surface area contributed by atoms with Gasteiger partial charge in [-0.15, -0.1) is 5.10 Å². The Labute approximate surface area is 117 Å². The number of ether oxygens (including phenoxy) is 1. The van der Waals surface area contributed by atoms with Gasteiger partial charge in [0, 0.05) is 5.69 Å². The molecule has 0 spiro atoms. The van der Waals surface area contributed by atoms with Crippen LogP contribution in [0.3, 0.4) is 0 Å². The van der Waals surface area contributed by atoms with Crippen LogP contribution in [-0.4, -0.2) is 26.8 Å². The average molecular weight is 273 g/mol. The zero-order valence-electron chi connectivity index (χ0n) is 11.8. The average Bonchev–Trinajstić information content (AvgIpc) is 2.84. The van der Waals surface area contributed by atoms with Crippen LogP contribution in [0.1, 0.15) is 32.7 Å². The Kier molecular flexibility index (Phi) is 3.30. The number of tetrazole rings is 1. The number of aromatic nitrogens is 4. The predicted octanol–water partition coefficient (Wildman–Crippen LogP) is 2.29. The van der Waals surface area contributed by atoms with Crippen LogP contribution in [0.25, 0.3) is 11.4 Å². The van der Waals surface area contributed by atoms with Gasteiger partial charge in [0.25, 0.3) is 0 Å². The summed E-state index contributed by atoms with van der Waals surface area (Å²) in [5.74, 6) is 2.16. The molecule has 0 saturated heterocycles. The normalized spacial score (nSPS) is 21.5. The van der Waals surface area contributed by atoms with Crippen LogP contribution in [0.5, 0.6) is 5.75 Å². The number of nitrogens with zero attached hydrogens (tertiary/aromatic N) is 4. The zero-order valence-corrected chi connectivity index (χ0v) is 11.8. The van der Waals surface area contributed by atoms with E-state index in [-0.39, 0.29) is 0 Å². The van der Waals surface area contributed by atoms with Crippen LogP contribution in [-0.2, 0) is 0 Å². The Morgan fingerprint density at radius 3 is 2.90 bits per heavy atom. The Hall–Kier alpha value is -2.11. The van der Waals surface area contributed by atoms with Crippen LogP contribution < -0.4 is 10.5 Å². The van der Waals surface area contributed by atoms with Gasteiger partial charge >= 0.3 is 0 Å². The van der Waals surface area contributed by atoms with Crippen LogP contribution in [0.2, 0.25) is 0 Å². The van der Waals surface area contributed by atoms with E-state index in [0.29, 0.717) is 24.2 Å². The van der Waals surface area contributed by atoms with Gasteiger partial charge in [0.15, 0.2) is 5.82 Å². The van der Waals surface area contributed by atoms with Gasteiger partial charge in [0.2, 0.25) is 0 Å². The minimum atomic E-state index is 0.365. The molecule has 6 nitrogen and oxygen atoms in total. The summed E-state index contributed by atoms with van der Waals surface area (Å²) < 4.78 is 7.54. The van der Waals surface area contributed by atoms with Gasteiger partial charge in [-0.2, -0.15) is 0 Å². The third kappa shape index (κ3) is 2.11. The summed E-state index contributed by atoms with van der Waals surface area (Å²) in [5, 5.41) is 12.1. The van der Waals surface area contributed by atoms with Gasteiger partial charge in [-0.1, -0.05) is 13.0 Å². The highest BCUT2D eigenvalue weighted by atomic mass is 16.5. The zero-order chi connectivity index (χ0) is 14.1. The number of anilines is 1. The van der Waals surface area contributed by atoms with Crippen molar-refractivity contribution in [3.05, 3.63) is 18.2 Å². The first-order chi connectivity index (χ1) is 9.70. The van der Waals surface area contributed by atoms with Crippen molar-refractivity contribution in [2.75, 3.05) is 12.3 Å². The lowest BCUT2D eigenvalue weighted by atomic mass is 9.82. The van der Waals surface area contributed by atoms with Crippen LogP contribution in [0.15, 0.2) is 18.2 Å². The highest BCUT2D eigenvalue weighted by Gasteiger charge is 2.31. The van der Waals surface area contributed by atoms with E-state index in [1.54, 1.807) is 0 Å². The summed E-state index contributed by atoms with van der Waals surface area (Å²) >= 11 is 0. The Morgan fingerprint density at radius 1 is 1.40 bits per heavy atom. The fourth-order valence-electron chi connectivity index (χ4n) is 2.73. The molecule has 1 aliphatic carbocycles. The molecule has 2 aromatic rings. The first kappa shape index (κ1) is 12.9.